The lowest BCUT2D eigenvalue weighted by Crippen LogP contribution is -2.31. The molecule has 30 heavy (non-hydrogen) atoms. The maximum Gasteiger partial charge on any atom is 0.174 e. The van der Waals surface area contributed by atoms with E-state index >= 15 is 0 Å². The van der Waals surface area contributed by atoms with Gasteiger partial charge >= 0.3 is 0 Å². The number of benzene rings is 1. The van der Waals surface area contributed by atoms with Crippen molar-refractivity contribution in [1.82, 2.24) is 14.9 Å². The SMILES string of the molecule is S=C1N[C@H](c2ccccn2)[C@H](c2cccn2C[C@H]2CCCO2)N1c1ccc(Br)cc1. The van der Waals surface area contributed by atoms with Gasteiger partial charge in [-0.05, 0) is 73.6 Å². The minimum Gasteiger partial charge on any atom is -0.376 e. The van der Waals surface area contributed by atoms with Gasteiger partial charge in [0.05, 0.1) is 17.8 Å². The summed E-state index contributed by atoms with van der Waals surface area (Å²) < 4.78 is 9.27. The zero-order valence-corrected chi connectivity index (χ0v) is 18.8. The summed E-state index contributed by atoms with van der Waals surface area (Å²) in [5.74, 6) is 0. The number of halogens is 1. The Morgan fingerprint density at radius 1 is 1.13 bits per heavy atom. The molecule has 2 saturated heterocycles. The summed E-state index contributed by atoms with van der Waals surface area (Å²) in [7, 11) is 0. The summed E-state index contributed by atoms with van der Waals surface area (Å²) >= 11 is 9.35. The lowest BCUT2D eigenvalue weighted by molar-refractivity contribution is 0.0961. The predicted octanol–water partition coefficient (Wildman–Crippen LogP) is 5.00. The molecule has 0 bridgehead atoms. The van der Waals surface area contributed by atoms with Gasteiger partial charge in [0, 0.05) is 41.4 Å². The summed E-state index contributed by atoms with van der Waals surface area (Å²) in [6.07, 6.45) is 6.50. The van der Waals surface area contributed by atoms with E-state index in [9.17, 15) is 0 Å². The number of hydrogen-bond donors (Lipinski definition) is 1. The molecule has 2 aliphatic heterocycles. The van der Waals surface area contributed by atoms with Crippen LogP contribution in [0.4, 0.5) is 5.69 Å². The van der Waals surface area contributed by atoms with Crippen molar-refractivity contribution in [3.8, 4) is 0 Å². The molecule has 0 unspecified atom stereocenters. The van der Waals surface area contributed by atoms with Crippen LogP contribution in [-0.4, -0.2) is 27.4 Å². The van der Waals surface area contributed by atoms with Gasteiger partial charge in [-0.15, -0.1) is 0 Å². The normalized spacial score (nSPS) is 23.7. The Kier molecular flexibility index (Phi) is 5.58. The van der Waals surface area contributed by atoms with E-state index < -0.39 is 0 Å². The van der Waals surface area contributed by atoms with Gasteiger partial charge in [-0.1, -0.05) is 22.0 Å². The molecular weight excluding hydrogens is 460 g/mol. The number of thiocarbonyl (C=S) groups is 1. The highest BCUT2D eigenvalue weighted by Crippen LogP contribution is 2.42. The molecule has 2 aliphatic rings. The van der Waals surface area contributed by atoms with E-state index in [1.54, 1.807) is 0 Å². The summed E-state index contributed by atoms with van der Waals surface area (Å²) in [6, 6.07) is 18.6. The van der Waals surface area contributed by atoms with Gasteiger partial charge in [-0.3, -0.25) is 4.98 Å². The van der Waals surface area contributed by atoms with Crippen molar-refractivity contribution in [2.75, 3.05) is 11.5 Å². The topological polar surface area (TPSA) is 42.3 Å². The first-order valence-corrected chi connectivity index (χ1v) is 11.4. The monoisotopic (exact) mass is 482 g/mol. The first-order valence-electron chi connectivity index (χ1n) is 10.2. The second kappa shape index (κ2) is 8.49. The molecule has 0 saturated carbocycles. The summed E-state index contributed by atoms with van der Waals surface area (Å²) in [4.78, 5) is 6.85. The van der Waals surface area contributed by atoms with Gasteiger partial charge in [-0.2, -0.15) is 0 Å². The molecule has 2 aromatic heterocycles. The Hall–Kier alpha value is -2.22. The van der Waals surface area contributed by atoms with Crippen LogP contribution in [0.1, 0.15) is 36.3 Å². The third-order valence-corrected chi connectivity index (χ3v) is 6.64. The minimum atomic E-state index is -0.0412. The van der Waals surface area contributed by atoms with Crippen molar-refractivity contribution in [3.05, 3.63) is 82.9 Å². The number of aromatic nitrogens is 2. The predicted molar refractivity (Wildman–Crippen MR) is 125 cm³/mol. The number of hydrogen-bond acceptors (Lipinski definition) is 3. The molecule has 0 amide bonds. The second-order valence-electron chi connectivity index (χ2n) is 7.69. The molecule has 1 aromatic carbocycles. The third kappa shape index (κ3) is 3.77. The molecule has 5 rings (SSSR count). The van der Waals surface area contributed by atoms with E-state index in [4.69, 9.17) is 17.0 Å². The zero-order valence-electron chi connectivity index (χ0n) is 16.4. The van der Waals surface area contributed by atoms with Gasteiger partial charge in [0.2, 0.25) is 0 Å². The molecule has 2 fully saturated rings. The van der Waals surface area contributed by atoms with Crippen molar-refractivity contribution in [1.29, 1.82) is 0 Å². The van der Waals surface area contributed by atoms with Gasteiger partial charge < -0.3 is 19.5 Å². The summed E-state index contributed by atoms with van der Waals surface area (Å²) in [6.45, 7) is 1.71. The maximum absolute atomic E-state index is 5.91. The van der Waals surface area contributed by atoms with Gasteiger partial charge in [0.1, 0.15) is 6.04 Å². The van der Waals surface area contributed by atoms with Crippen molar-refractivity contribution in [2.24, 2.45) is 0 Å². The quantitative estimate of drug-likeness (QED) is 0.518. The Morgan fingerprint density at radius 3 is 2.73 bits per heavy atom. The molecule has 154 valence electrons. The van der Waals surface area contributed by atoms with E-state index in [-0.39, 0.29) is 18.2 Å². The summed E-state index contributed by atoms with van der Waals surface area (Å²) in [5.41, 5.74) is 3.25. The molecule has 3 aromatic rings. The number of pyridine rings is 1. The number of rotatable bonds is 5. The first-order chi connectivity index (χ1) is 14.7. The number of anilines is 1. The molecule has 0 spiro atoms. The highest BCUT2D eigenvalue weighted by atomic mass is 79.9. The molecule has 5 nitrogen and oxygen atoms in total. The fraction of sp³-hybridized carbons (Fsp3) is 0.304. The maximum atomic E-state index is 5.91. The van der Waals surface area contributed by atoms with Crippen LogP contribution in [0, 0.1) is 0 Å². The zero-order chi connectivity index (χ0) is 20.5. The summed E-state index contributed by atoms with van der Waals surface area (Å²) in [5, 5.41) is 4.24. The van der Waals surface area contributed by atoms with E-state index in [0.29, 0.717) is 5.11 Å². The Labute approximate surface area is 190 Å². The molecular formula is C23H23BrN4OS. The molecule has 1 N–H and O–H groups in total. The van der Waals surface area contributed by atoms with Crippen LogP contribution < -0.4 is 10.2 Å². The molecule has 0 aliphatic carbocycles. The molecule has 3 atom stereocenters. The Balaban J connectivity index is 1.57. The van der Waals surface area contributed by atoms with E-state index in [1.165, 1.54) is 5.69 Å². The highest BCUT2D eigenvalue weighted by Gasteiger charge is 2.42. The smallest absolute Gasteiger partial charge is 0.174 e. The lowest BCUT2D eigenvalue weighted by Gasteiger charge is -2.29. The number of nitrogens with one attached hydrogen (secondary N) is 1. The molecule has 0 radical (unpaired) electrons. The van der Waals surface area contributed by atoms with Crippen LogP contribution in [-0.2, 0) is 11.3 Å². The van der Waals surface area contributed by atoms with Crippen LogP contribution in [0.25, 0.3) is 0 Å². The van der Waals surface area contributed by atoms with Gasteiger partial charge in [0.15, 0.2) is 5.11 Å². The number of ether oxygens (including phenoxy) is 1. The second-order valence-corrected chi connectivity index (χ2v) is 9.00. The van der Waals surface area contributed by atoms with E-state index in [1.807, 2.05) is 18.3 Å². The first kappa shape index (κ1) is 19.7. The number of nitrogens with zero attached hydrogens (tertiary/aromatic N) is 3. The Bertz CT molecular complexity index is 1020. The average Bonchev–Trinajstić information content (AvgIpc) is 3.50. The highest BCUT2D eigenvalue weighted by molar-refractivity contribution is 9.10. The fourth-order valence-corrected chi connectivity index (χ4v) is 5.02. The largest absolute Gasteiger partial charge is 0.376 e. The molecule has 4 heterocycles. The fourth-order valence-electron chi connectivity index (χ4n) is 4.40. The van der Waals surface area contributed by atoms with Crippen LogP contribution in [0.5, 0.6) is 0 Å². The van der Waals surface area contributed by atoms with Crippen LogP contribution in [0.3, 0.4) is 0 Å². The lowest BCUT2D eigenvalue weighted by atomic mass is 10.0. The minimum absolute atomic E-state index is 0.00928. The van der Waals surface area contributed by atoms with Gasteiger partial charge in [0.25, 0.3) is 0 Å². The van der Waals surface area contributed by atoms with Crippen molar-refractivity contribution in [3.63, 3.8) is 0 Å². The van der Waals surface area contributed by atoms with Crippen molar-refractivity contribution >= 4 is 38.9 Å². The van der Waals surface area contributed by atoms with E-state index in [2.05, 4.69) is 84.4 Å². The van der Waals surface area contributed by atoms with Crippen LogP contribution in [0.15, 0.2) is 71.5 Å². The standard InChI is InChI=1S/C23H23BrN4OS/c24-16-8-10-17(11-9-16)28-22(21(26-23(28)30)19-6-1-2-12-25-19)20-7-3-13-27(20)15-18-5-4-14-29-18/h1-3,6-13,18,21-22H,4-5,14-15H2,(H,26,30)/t18-,21-,22+/m1/s1. The average molecular weight is 483 g/mol. The van der Waals surface area contributed by atoms with Crippen LogP contribution in [0.2, 0.25) is 0 Å². The van der Waals surface area contributed by atoms with Crippen molar-refractivity contribution < 1.29 is 4.74 Å². The van der Waals surface area contributed by atoms with E-state index in [0.717, 1.165) is 41.8 Å². The molecule has 7 heteroatoms. The van der Waals surface area contributed by atoms with Crippen molar-refractivity contribution in [2.45, 2.75) is 37.6 Å². The van der Waals surface area contributed by atoms with Gasteiger partial charge in [-0.25, -0.2) is 0 Å². The third-order valence-electron chi connectivity index (χ3n) is 5.79. The Morgan fingerprint density at radius 2 is 2.00 bits per heavy atom. The van der Waals surface area contributed by atoms with Crippen LogP contribution >= 0.6 is 28.1 Å².